The predicted octanol–water partition coefficient (Wildman–Crippen LogP) is 3.55. The highest BCUT2D eigenvalue weighted by Gasteiger charge is 2.54. The topological polar surface area (TPSA) is 107 Å². The van der Waals surface area contributed by atoms with Crippen LogP contribution in [0.4, 0.5) is 4.79 Å². The van der Waals surface area contributed by atoms with Crippen LogP contribution in [0, 0.1) is 12.3 Å². The molecule has 8 nitrogen and oxygen atoms in total. The van der Waals surface area contributed by atoms with Crippen molar-refractivity contribution in [1.82, 2.24) is 14.9 Å². The largest absolute Gasteiger partial charge is 0.489 e. The molecule has 32 heavy (non-hydrogen) atoms. The van der Waals surface area contributed by atoms with Gasteiger partial charge in [-0.15, -0.1) is 0 Å². The second kappa shape index (κ2) is 9.17. The van der Waals surface area contributed by atoms with E-state index in [1.807, 2.05) is 19.1 Å². The smallest absolute Gasteiger partial charge is 0.410 e. The van der Waals surface area contributed by atoms with Crippen molar-refractivity contribution in [1.29, 1.82) is 0 Å². The number of aromatic nitrogens is 1. The quantitative estimate of drug-likeness (QED) is 0.490. The summed E-state index contributed by atoms with van der Waals surface area (Å²) in [5.41, 5.74) is 9.19. The number of rotatable bonds is 7. The molecule has 0 unspecified atom stereocenters. The molecule has 8 heteroatoms. The fraction of sp³-hybridized carbons (Fsp3) is 0.667. The fourth-order valence-corrected chi connectivity index (χ4v) is 4.88. The van der Waals surface area contributed by atoms with Crippen molar-refractivity contribution in [2.45, 2.75) is 76.9 Å². The molecule has 0 atom stereocenters. The number of hydrogen-bond donors (Lipinski definition) is 2. The number of hydrogen-bond acceptors (Lipinski definition) is 7. The highest BCUT2D eigenvalue weighted by molar-refractivity contribution is 5.69. The van der Waals surface area contributed by atoms with Crippen molar-refractivity contribution in [2.24, 2.45) is 17.0 Å². The van der Waals surface area contributed by atoms with E-state index in [0.717, 1.165) is 37.1 Å². The third-order valence-corrected chi connectivity index (χ3v) is 7.36. The number of likely N-dealkylation sites (N-methyl/N-ethyl adjacent to an activating group) is 1. The first-order valence-electron chi connectivity index (χ1n) is 11.8. The SMILES string of the molecule is Cc1nc(/C(N)=C(\COC(=O)N(C)C2CC3(CC3)C2)N(C)N)ccc1OC1CCCCC1. The minimum atomic E-state index is -0.349. The lowest BCUT2D eigenvalue weighted by molar-refractivity contribution is 0.0556. The van der Waals surface area contributed by atoms with Crippen molar-refractivity contribution in [3.63, 3.8) is 0 Å². The van der Waals surface area contributed by atoms with Gasteiger partial charge < -0.3 is 25.1 Å². The summed E-state index contributed by atoms with van der Waals surface area (Å²) in [6.45, 7) is 1.90. The molecule has 0 radical (unpaired) electrons. The summed E-state index contributed by atoms with van der Waals surface area (Å²) in [5, 5.41) is 1.38. The van der Waals surface area contributed by atoms with E-state index < -0.39 is 0 Å². The maximum absolute atomic E-state index is 12.5. The normalized spacial score (nSPS) is 20.9. The molecule has 3 aliphatic rings. The molecule has 3 saturated carbocycles. The van der Waals surface area contributed by atoms with Gasteiger partial charge in [0.15, 0.2) is 0 Å². The second-order valence-electron chi connectivity index (χ2n) is 9.86. The average Bonchev–Trinajstić information content (AvgIpc) is 3.55. The average molecular weight is 444 g/mol. The molecule has 3 fully saturated rings. The molecule has 1 spiro atoms. The monoisotopic (exact) mass is 443 g/mol. The van der Waals surface area contributed by atoms with Crippen LogP contribution in [0.3, 0.4) is 0 Å². The number of nitrogens with two attached hydrogens (primary N) is 2. The van der Waals surface area contributed by atoms with E-state index in [-0.39, 0.29) is 24.8 Å². The number of ether oxygens (including phenoxy) is 2. The zero-order chi connectivity index (χ0) is 22.9. The van der Waals surface area contributed by atoms with Gasteiger partial charge >= 0.3 is 6.09 Å². The zero-order valence-electron chi connectivity index (χ0n) is 19.6. The Hall–Kier alpha value is -2.48. The van der Waals surface area contributed by atoms with Crippen LogP contribution < -0.4 is 16.3 Å². The van der Waals surface area contributed by atoms with Gasteiger partial charge in [0.2, 0.25) is 0 Å². The molecule has 0 bridgehead atoms. The molecule has 4 rings (SSSR count). The Bertz CT molecular complexity index is 866. The number of pyridine rings is 1. The molecule has 0 saturated heterocycles. The fourth-order valence-electron chi connectivity index (χ4n) is 4.88. The molecule has 1 amide bonds. The molecular weight excluding hydrogens is 406 g/mol. The van der Waals surface area contributed by atoms with E-state index in [1.165, 1.54) is 37.1 Å². The van der Waals surface area contributed by atoms with Crippen LogP contribution in [0.1, 0.15) is 69.2 Å². The van der Waals surface area contributed by atoms with Crippen LogP contribution in [0.25, 0.3) is 5.70 Å². The Balaban J connectivity index is 1.39. The van der Waals surface area contributed by atoms with Crippen molar-refractivity contribution < 1.29 is 14.3 Å². The number of carbonyl (C=O) groups excluding carboxylic acids is 1. The number of hydrazine groups is 1. The number of amides is 1. The Morgan fingerprint density at radius 3 is 2.47 bits per heavy atom. The minimum absolute atomic E-state index is 0.0130. The molecular formula is C24H37N5O3. The van der Waals surface area contributed by atoms with Gasteiger partial charge in [0.25, 0.3) is 0 Å². The van der Waals surface area contributed by atoms with Gasteiger partial charge in [-0.1, -0.05) is 6.42 Å². The van der Waals surface area contributed by atoms with E-state index in [0.29, 0.717) is 22.5 Å². The molecule has 3 aliphatic carbocycles. The van der Waals surface area contributed by atoms with Crippen molar-refractivity contribution in [3.8, 4) is 5.75 Å². The lowest BCUT2D eigenvalue weighted by Gasteiger charge is -2.41. The molecule has 1 aromatic rings. The van der Waals surface area contributed by atoms with Crippen LogP contribution in [0.15, 0.2) is 17.8 Å². The van der Waals surface area contributed by atoms with Gasteiger partial charge in [0, 0.05) is 20.1 Å². The Morgan fingerprint density at radius 2 is 1.88 bits per heavy atom. The summed E-state index contributed by atoms with van der Waals surface area (Å²) < 4.78 is 11.7. The lowest BCUT2D eigenvalue weighted by atomic mass is 9.76. The van der Waals surface area contributed by atoms with Crippen LogP contribution in [-0.4, -0.2) is 53.8 Å². The first-order chi connectivity index (χ1) is 15.3. The van der Waals surface area contributed by atoms with Crippen molar-refractivity contribution >= 4 is 11.8 Å². The third kappa shape index (κ3) is 4.95. The summed E-state index contributed by atoms with van der Waals surface area (Å²) in [4.78, 5) is 18.9. The number of carbonyl (C=O) groups is 1. The highest BCUT2D eigenvalue weighted by atomic mass is 16.6. The van der Waals surface area contributed by atoms with Gasteiger partial charge in [-0.25, -0.2) is 15.6 Å². The Morgan fingerprint density at radius 1 is 1.19 bits per heavy atom. The van der Waals surface area contributed by atoms with E-state index in [1.54, 1.807) is 19.0 Å². The van der Waals surface area contributed by atoms with Crippen LogP contribution in [-0.2, 0) is 4.74 Å². The third-order valence-electron chi connectivity index (χ3n) is 7.36. The van der Waals surface area contributed by atoms with E-state index >= 15 is 0 Å². The summed E-state index contributed by atoms with van der Waals surface area (Å²) in [7, 11) is 3.48. The molecule has 1 aromatic heterocycles. The van der Waals surface area contributed by atoms with Crippen molar-refractivity contribution in [3.05, 3.63) is 29.2 Å². The Labute approximate surface area is 190 Å². The summed E-state index contributed by atoms with van der Waals surface area (Å²) >= 11 is 0. The van der Waals surface area contributed by atoms with E-state index in [4.69, 9.17) is 21.1 Å². The van der Waals surface area contributed by atoms with Crippen LogP contribution in [0.5, 0.6) is 5.75 Å². The second-order valence-corrected chi connectivity index (χ2v) is 9.86. The van der Waals surface area contributed by atoms with E-state index in [9.17, 15) is 4.79 Å². The first-order valence-corrected chi connectivity index (χ1v) is 11.8. The van der Waals surface area contributed by atoms with Gasteiger partial charge in [-0.2, -0.15) is 0 Å². The lowest BCUT2D eigenvalue weighted by Crippen LogP contribution is -2.47. The van der Waals surface area contributed by atoms with Gasteiger partial charge in [0.1, 0.15) is 12.4 Å². The molecule has 0 aromatic carbocycles. The highest BCUT2D eigenvalue weighted by Crippen LogP contribution is 2.61. The van der Waals surface area contributed by atoms with Gasteiger partial charge in [-0.05, 0) is 75.8 Å². The maximum atomic E-state index is 12.5. The van der Waals surface area contributed by atoms with Crippen molar-refractivity contribution in [2.75, 3.05) is 20.7 Å². The maximum Gasteiger partial charge on any atom is 0.410 e. The minimum Gasteiger partial charge on any atom is -0.489 e. The number of nitrogens with zero attached hydrogens (tertiary/aromatic N) is 3. The first kappa shape index (κ1) is 22.7. The predicted molar refractivity (Wildman–Crippen MR) is 123 cm³/mol. The number of aryl methyl sites for hydroxylation is 1. The van der Waals surface area contributed by atoms with Crippen LogP contribution in [0.2, 0.25) is 0 Å². The van der Waals surface area contributed by atoms with E-state index in [2.05, 4.69) is 4.98 Å². The molecule has 4 N–H and O–H groups in total. The zero-order valence-corrected chi connectivity index (χ0v) is 19.6. The van der Waals surface area contributed by atoms with Gasteiger partial charge in [0.05, 0.1) is 28.9 Å². The Kier molecular flexibility index (Phi) is 6.51. The van der Waals surface area contributed by atoms with Crippen LogP contribution >= 0.6 is 0 Å². The summed E-state index contributed by atoms with van der Waals surface area (Å²) in [5.74, 6) is 6.80. The molecule has 176 valence electrons. The summed E-state index contributed by atoms with van der Waals surface area (Å²) in [6.07, 6.45) is 10.6. The summed E-state index contributed by atoms with van der Waals surface area (Å²) in [6, 6.07) is 4.02. The molecule has 0 aliphatic heterocycles. The van der Waals surface area contributed by atoms with Gasteiger partial charge in [-0.3, -0.25) is 0 Å². The molecule has 1 heterocycles. The standard InChI is InChI=1S/C24H37N5O3/c1-16-21(32-18-7-5-4-6-8-18)10-9-19(27-16)22(25)20(29(3)26)15-31-23(30)28(2)17-13-24(14-17)11-12-24/h9-10,17-18H,4-8,11-15,25-26H2,1-3H3/b22-20-.